The van der Waals surface area contributed by atoms with E-state index >= 15 is 0 Å². The highest BCUT2D eigenvalue weighted by atomic mass is 35.5. The Labute approximate surface area is 107 Å². The smallest absolute Gasteiger partial charge is 0.343 e. The van der Waals surface area contributed by atoms with E-state index in [-0.39, 0.29) is 5.69 Å². The molecule has 1 heterocycles. The van der Waals surface area contributed by atoms with Gasteiger partial charge in [0.1, 0.15) is 0 Å². The van der Waals surface area contributed by atoms with E-state index in [2.05, 4.69) is 10.2 Å². The van der Waals surface area contributed by atoms with Gasteiger partial charge in [-0.3, -0.25) is 4.57 Å². The van der Waals surface area contributed by atoms with Gasteiger partial charge < -0.3 is 5.73 Å². The summed E-state index contributed by atoms with van der Waals surface area (Å²) in [6.07, 6.45) is 0. The van der Waals surface area contributed by atoms with Crippen molar-refractivity contribution in [2.24, 2.45) is 7.05 Å². The van der Waals surface area contributed by atoms with Crippen LogP contribution in [0.2, 0.25) is 5.02 Å². The maximum atomic E-state index is 11.2. The number of aromatic nitrogens is 3. The molecule has 0 amide bonds. The van der Waals surface area contributed by atoms with Gasteiger partial charge >= 0.3 is 5.69 Å². The molecule has 0 saturated carbocycles. The van der Waals surface area contributed by atoms with Crippen LogP contribution >= 0.6 is 23.4 Å². The number of thioether (sulfide) groups is 1. The summed E-state index contributed by atoms with van der Waals surface area (Å²) in [4.78, 5) is 11.2. The molecule has 0 radical (unpaired) electrons. The van der Waals surface area contributed by atoms with E-state index in [1.807, 2.05) is 6.07 Å². The first-order chi connectivity index (χ1) is 8.08. The van der Waals surface area contributed by atoms with Crippen LogP contribution in [0.1, 0.15) is 5.56 Å². The zero-order valence-electron chi connectivity index (χ0n) is 9.11. The largest absolute Gasteiger partial charge is 0.399 e. The summed E-state index contributed by atoms with van der Waals surface area (Å²) in [5, 5.41) is 7.53. The average Bonchev–Trinajstić information content (AvgIpc) is 2.59. The number of rotatable bonds is 3. The summed E-state index contributed by atoms with van der Waals surface area (Å²) < 4.78 is 1.45. The highest BCUT2D eigenvalue weighted by molar-refractivity contribution is 7.98. The maximum absolute atomic E-state index is 11.2. The lowest BCUT2D eigenvalue weighted by Crippen LogP contribution is -2.12. The number of H-pyrrole nitrogens is 1. The van der Waals surface area contributed by atoms with Gasteiger partial charge in [-0.1, -0.05) is 29.4 Å². The molecule has 17 heavy (non-hydrogen) atoms. The van der Waals surface area contributed by atoms with Crippen molar-refractivity contribution in [3.63, 3.8) is 0 Å². The predicted molar refractivity (Wildman–Crippen MR) is 69.3 cm³/mol. The third kappa shape index (κ3) is 2.65. The molecule has 0 aliphatic carbocycles. The van der Waals surface area contributed by atoms with Crippen LogP contribution in [-0.4, -0.2) is 14.8 Å². The first kappa shape index (κ1) is 12.1. The van der Waals surface area contributed by atoms with Crippen LogP contribution in [0.5, 0.6) is 0 Å². The van der Waals surface area contributed by atoms with Gasteiger partial charge in [-0.2, -0.15) is 0 Å². The average molecular weight is 271 g/mol. The first-order valence-corrected chi connectivity index (χ1v) is 6.22. The SMILES string of the molecule is Cn1c(SCc2ccc(N)cc2Cl)n[nH]c1=O. The van der Waals surface area contributed by atoms with Crippen LogP contribution in [0.3, 0.4) is 0 Å². The Kier molecular flexibility index (Phi) is 3.44. The van der Waals surface area contributed by atoms with Gasteiger partial charge in [0.2, 0.25) is 0 Å². The number of nitrogens with one attached hydrogen (secondary N) is 1. The summed E-state index contributed by atoms with van der Waals surface area (Å²) in [6, 6.07) is 5.38. The Morgan fingerprint density at radius 3 is 2.94 bits per heavy atom. The van der Waals surface area contributed by atoms with Crippen LogP contribution in [-0.2, 0) is 12.8 Å². The minimum absolute atomic E-state index is 0.226. The van der Waals surface area contributed by atoms with Crippen molar-refractivity contribution < 1.29 is 0 Å². The first-order valence-electron chi connectivity index (χ1n) is 4.86. The Bertz CT molecular complexity index is 592. The Morgan fingerprint density at radius 2 is 2.35 bits per heavy atom. The molecule has 7 heteroatoms. The van der Waals surface area contributed by atoms with Gasteiger partial charge in [0.15, 0.2) is 5.16 Å². The lowest BCUT2D eigenvalue weighted by atomic mass is 10.2. The standard InChI is InChI=1S/C10H11ClN4OS/c1-15-9(16)13-14-10(15)17-5-6-2-3-7(12)4-8(6)11/h2-4H,5,12H2,1H3,(H,13,16). The summed E-state index contributed by atoms with van der Waals surface area (Å²) in [5.74, 6) is 0.636. The second-order valence-corrected chi connectivity index (χ2v) is 4.86. The predicted octanol–water partition coefficient (Wildman–Crippen LogP) is 1.64. The molecule has 2 aromatic rings. The molecule has 0 fully saturated rings. The van der Waals surface area contributed by atoms with Crippen molar-refractivity contribution in [3.8, 4) is 0 Å². The van der Waals surface area contributed by atoms with E-state index in [4.69, 9.17) is 17.3 Å². The maximum Gasteiger partial charge on any atom is 0.343 e. The molecule has 2 rings (SSSR count). The van der Waals surface area contributed by atoms with Crippen molar-refractivity contribution in [2.75, 3.05) is 5.73 Å². The van der Waals surface area contributed by atoms with Crippen molar-refractivity contribution in [2.45, 2.75) is 10.9 Å². The van der Waals surface area contributed by atoms with E-state index in [1.165, 1.54) is 16.3 Å². The van der Waals surface area contributed by atoms with E-state index in [0.29, 0.717) is 21.6 Å². The molecular weight excluding hydrogens is 260 g/mol. The second-order valence-electron chi connectivity index (χ2n) is 3.51. The number of benzene rings is 1. The van der Waals surface area contributed by atoms with Gasteiger partial charge in [0.05, 0.1) is 0 Å². The summed E-state index contributed by atoms with van der Waals surface area (Å²) in [5.41, 5.74) is 6.98. The fraction of sp³-hybridized carbons (Fsp3) is 0.200. The third-order valence-electron chi connectivity index (χ3n) is 2.27. The summed E-state index contributed by atoms with van der Waals surface area (Å²) in [7, 11) is 1.67. The lowest BCUT2D eigenvalue weighted by molar-refractivity contribution is 0.766. The molecule has 1 aromatic heterocycles. The highest BCUT2D eigenvalue weighted by Crippen LogP contribution is 2.26. The molecule has 3 N–H and O–H groups in total. The van der Waals surface area contributed by atoms with Crippen LogP contribution < -0.4 is 11.4 Å². The van der Waals surface area contributed by atoms with Crippen molar-refractivity contribution >= 4 is 29.1 Å². The molecule has 0 aliphatic rings. The molecule has 1 aromatic carbocycles. The fourth-order valence-electron chi connectivity index (χ4n) is 1.28. The molecule has 0 saturated heterocycles. The number of hydrogen-bond donors (Lipinski definition) is 2. The van der Waals surface area contributed by atoms with Gasteiger partial charge in [-0.25, -0.2) is 9.89 Å². The van der Waals surface area contributed by atoms with Gasteiger partial charge in [-0.05, 0) is 17.7 Å². The number of nitrogens with two attached hydrogens (primary N) is 1. The molecule has 5 nitrogen and oxygen atoms in total. The minimum atomic E-state index is -0.226. The van der Waals surface area contributed by atoms with E-state index < -0.39 is 0 Å². The van der Waals surface area contributed by atoms with Crippen LogP contribution in [0.4, 0.5) is 5.69 Å². The third-order valence-corrected chi connectivity index (χ3v) is 3.70. The summed E-state index contributed by atoms with van der Waals surface area (Å²) in [6.45, 7) is 0. The molecule has 90 valence electrons. The Balaban J connectivity index is 2.12. The molecule has 0 spiro atoms. The zero-order valence-corrected chi connectivity index (χ0v) is 10.7. The molecule has 0 atom stereocenters. The van der Waals surface area contributed by atoms with Gasteiger partial charge in [0, 0.05) is 23.5 Å². The number of anilines is 1. The number of aromatic amines is 1. The monoisotopic (exact) mass is 270 g/mol. The number of nitrogens with zero attached hydrogens (tertiary/aromatic N) is 2. The number of hydrogen-bond acceptors (Lipinski definition) is 4. The van der Waals surface area contributed by atoms with Gasteiger partial charge in [-0.15, -0.1) is 5.10 Å². The zero-order chi connectivity index (χ0) is 12.4. The summed E-state index contributed by atoms with van der Waals surface area (Å²) >= 11 is 7.49. The van der Waals surface area contributed by atoms with E-state index in [9.17, 15) is 4.79 Å². The topological polar surface area (TPSA) is 76.7 Å². The normalized spacial score (nSPS) is 10.7. The van der Waals surface area contributed by atoms with E-state index in [0.717, 1.165) is 5.56 Å². The highest BCUT2D eigenvalue weighted by Gasteiger charge is 2.07. The Morgan fingerprint density at radius 1 is 1.59 bits per heavy atom. The molecular formula is C10H11ClN4OS. The van der Waals surface area contributed by atoms with Gasteiger partial charge in [0.25, 0.3) is 0 Å². The van der Waals surface area contributed by atoms with E-state index in [1.54, 1.807) is 19.2 Å². The van der Waals surface area contributed by atoms with Crippen molar-refractivity contribution in [1.29, 1.82) is 0 Å². The van der Waals surface area contributed by atoms with Crippen LogP contribution in [0, 0.1) is 0 Å². The molecule has 0 unspecified atom stereocenters. The molecule has 0 aliphatic heterocycles. The fourth-order valence-corrected chi connectivity index (χ4v) is 2.54. The Hall–Kier alpha value is -1.40. The molecule has 0 bridgehead atoms. The minimum Gasteiger partial charge on any atom is -0.399 e. The van der Waals surface area contributed by atoms with Crippen LogP contribution in [0.25, 0.3) is 0 Å². The van der Waals surface area contributed by atoms with Crippen molar-refractivity contribution in [1.82, 2.24) is 14.8 Å². The number of nitrogen functional groups attached to an aromatic ring is 1. The van der Waals surface area contributed by atoms with Crippen molar-refractivity contribution in [3.05, 3.63) is 39.3 Å². The second kappa shape index (κ2) is 4.85. The number of halogens is 1. The quantitative estimate of drug-likeness (QED) is 0.657. The van der Waals surface area contributed by atoms with Crippen LogP contribution in [0.15, 0.2) is 28.2 Å². The lowest BCUT2D eigenvalue weighted by Gasteiger charge is -2.04.